The smallest absolute Gasteiger partial charge is 0.426 e. The molecule has 20 heavy (non-hydrogen) atoms. The first-order valence-electron chi connectivity index (χ1n) is 6.34. The van der Waals surface area contributed by atoms with Gasteiger partial charge in [0.05, 0.1) is 13.2 Å². The van der Waals surface area contributed by atoms with Crippen LogP contribution >= 0.6 is 0 Å². The third-order valence-corrected chi connectivity index (χ3v) is 2.66. The monoisotopic (exact) mass is 278 g/mol. The van der Waals surface area contributed by atoms with Gasteiger partial charge in [-0.05, 0) is 44.0 Å². The van der Waals surface area contributed by atoms with E-state index in [0.717, 1.165) is 11.1 Å². The molecule has 1 aliphatic rings. The zero-order chi connectivity index (χ0) is 14.8. The fraction of sp³-hybridized carbons (Fsp3) is 0.429. The van der Waals surface area contributed by atoms with Crippen molar-refractivity contribution in [3.05, 3.63) is 34.9 Å². The molecule has 2 rings (SSSR count). The van der Waals surface area contributed by atoms with Crippen molar-refractivity contribution in [3.8, 4) is 0 Å². The standard InChI is InChI=1S/C14H18N2O4/c1-14(2,3)20-13(18)16-15-12(17)9-4-5-10-7-19-8-11(10)6-9/h4-6H,7-8H2,1-3H3,(H,15,17)(H,16,18). The van der Waals surface area contributed by atoms with Crippen LogP contribution in [0.2, 0.25) is 0 Å². The molecule has 0 fully saturated rings. The maximum atomic E-state index is 11.9. The van der Waals surface area contributed by atoms with E-state index < -0.39 is 17.6 Å². The molecule has 0 aliphatic carbocycles. The van der Waals surface area contributed by atoms with E-state index in [1.54, 1.807) is 32.9 Å². The highest BCUT2D eigenvalue weighted by Crippen LogP contribution is 2.20. The van der Waals surface area contributed by atoms with E-state index in [2.05, 4.69) is 10.9 Å². The molecule has 1 aromatic carbocycles. The maximum absolute atomic E-state index is 11.9. The molecule has 2 amide bonds. The summed E-state index contributed by atoms with van der Waals surface area (Å²) in [4.78, 5) is 23.3. The first-order chi connectivity index (χ1) is 9.35. The van der Waals surface area contributed by atoms with Gasteiger partial charge in [-0.25, -0.2) is 10.2 Å². The summed E-state index contributed by atoms with van der Waals surface area (Å²) in [6, 6.07) is 5.30. The minimum atomic E-state index is -0.699. The van der Waals surface area contributed by atoms with E-state index in [9.17, 15) is 9.59 Å². The lowest BCUT2D eigenvalue weighted by Crippen LogP contribution is -2.44. The van der Waals surface area contributed by atoms with Crippen molar-refractivity contribution >= 4 is 12.0 Å². The van der Waals surface area contributed by atoms with Gasteiger partial charge in [0.2, 0.25) is 0 Å². The van der Waals surface area contributed by atoms with Gasteiger partial charge in [-0.2, -0.15) is 0 Å². The highest BCUT2D eigenvalue weighted by molar-refractivity contribution is 5.95. The Balaban J connectivity index is 1.91. The van der Waals surface area contributed by atoms with E-state index >= 15 is 0 Å². The number of hydrogen-bond donors (Lipinski definition) is 2. The fourth-order valence-corrected chi connectivity index (χ4v) is 1.80. The number of carbonyl (C=O) groups excluding carboxylic acids is 2. The molecule has 0 bridgehead atoms. The van der Waals surface area contributed by atoms with Crippen LogP contribution in [0, 0.1) is 0 Å². The van der Waals surface area contributed by atoms with Gasteiger partial charge in [0.15, 0.2) is 0 Å². The Labute approximate surface area is 117 Å². The van der Waals surface area contributed by atoms with Crippen molar-refractivity contribution in [2.75, 3.05) is 0 Å². The summed E-state index contributed by atoms with van der Waals surface area (Å²) in [7, 11) is 0. The summed E-state index contributed by atoms with van der Waals surface area (Å²) in [6.07, 6.45) is -0.699. The Morgan fingerprint density at radius 2 is 1.85 bits per heavy atom. The first kappa shape index (κ1) is 14.3. The molecule has 0 radical (unpaired) electrons. The SMILES string of the molecule is CC(C)(C)OC(=O)NNC(=O)c1ccc2c(c1)COC2. The number of amides is 2. The molecule has 0 unspecified atom stereocenters. The van der Waals surface area contributed by atoms with Crippen molar-refractivity contribution in [3.63, 3.8) is 0 Å². The lowest BCUT2D eigenvalue weighted by molar-refractivity contribution is 0.0483. The number of hydrogen-bond acceptors (Lipinski definition) is 4. The highest BCUT2D eigenvalue weighted by atomic mass is 16.6. The molecule has 0 spiro atoms. The maximum Gasteiger partial charge on any atom is 0.426 e. The van der Waals surface area contributed by atoms with Crippen LogP contribution in [0.4, 0.5) is 4.79 Å². The summed E-state index contributed by atoms with van der Waals surface area (Å²) >= 11 is 0. The molecule has 1 aliphatic heterocycles. The third-order valence-electron chi connectivity index (χ3n) is 2.66. The van der Waals surface area contributed by atoms with Crippen molar-refractivity contribution in [1.82, 2.24) is 10.9 Å². The third kappa shape index (κ3) is 3.71. The second kappa shape index (κ2) is 5.50. The molecule has 6 heteroatoms. The Morgan fingerprint density at radius 3 is 2.55 bits per heavy atom. The first-order valence-corrected chi connectivity index (χ1v) is 6.34. The summed E-state index contributed by atoms with van der Waals surface area (Å²) < 4.78 is 10.3. The molecular formula is C14H18N2O4. The molecule has 0 saturated heterocycles. The van der Waals surface area contributed by atoms with Gasteiger partial charge in [0.25, 0.3) is 5.91 Å². The van der Waals surface area contributed by atoms with Gasteiger partial charge in [-0.3, -0.25) is 10.2 Å². The number of ether oxygens (including phenoxy) is 2. The van der Waals surface area contributed by atoms with Crippen LogP contribution in [-0.2, 0) is 22.7 Å². The normalized spacial score (nSPS) is 13.6. The van der Waals surface area contributed by atoms with Gasteiger partial charge in [-0.1, -0.05) is 6.07 Å². The average Bonchev–Trinajstić information content (AvgIpc) is 2.80. The van der Waals surface area contributed by atoms with Gasteiger partial charge in [-0.15, -0.1) is 0 Å². The molecule has 0 saturated carbocycles. The number of rotatable bonds is 1. The Hall–Kier alpha value is -2.08. The van der Waals surface area contributed by atoms with Crippen LogP contribution < -0.4 is 10.9 Å². The summed E-state index contributed by atoms with van der Waals surface area (Å²) in [6.45, 7) is 6.32. The van der Waals surface area contributed by atoms with E-state index in [4.69, 9.17) is 9.47 Å². The van der Waals surface area contributed by atoms with Crippen LogP contribution in [0.1, 0.15) is 42.3 Å². The largest absolute Gasteiger partial charge is 0.443 e. The minimum absolute atomic E-state index is 0.398. The quantitative estimate of drug-likeness (QED) is 0.769. The minimum Gasteiger partial charge on any atom is -0.443 e. The lowest BCUT2D eigenvalue weighted by Gasteiger charge is -2.19. The summed E-state index contributed by atoms with van der Waals surface area (Å²) in [5, 5.41) is 0. The van der Waals surface area contributed by atoms with E-state index in [-0.39, 0.29) is 0 Å². The average molecular weight is 278 g/mol. The highest BCUT2D eigenvalue weighted by Gasteiger charge is 2.18. The predicted molar refractivity (Wildman–Crippen MR) is 71.8 cm³/mol. The Bertz CT molecular complexity index is 534. The topological polar surface area (TPSA) is 76.7 Å². The van der Waals surface area contributed by atoms with E-state index in [1.807, 2.05) is 6.07 Å². The molecule has 1 heterocycles. The van der Waals surface area contributed by atoms with E-state index in [1.165, 1.54) is 0 Å². The Morgan fingerprint density at radius 1 is 1.15 bits per heavy atom. The summed E-state index contributed by atoms with van der Waals surface area (Å²) in [5.41, 5.74) is 6.45. The van der Waals surface area contributed by atoms with Gasteiger partial charge in [0, 0.05) is 5.56 Å². The van der Waals surface area contributed by atoms with Gasteiger partial charge < -0.3 is 9.47 Å². The van der Waals surface area contributed by atoms with E-state index in [0.29, 0.717) is 18.8 Å². The van der Waals surface area contributed by atoms with Crippen LogP contribution in [0.5, 0.6) is 0 Å². The molecule has 0 aromatic heterocycles. The van der Waals surface area contributed by atoms with Crippen LogP contribution in [-0.4, -0.2) is 17.6 Å². The van der Waals surface area contributed by atoms with Crippen molar-refractivity contribution in [2.45, 2.75) is 39.6 Å². The molecular weight excluding hydrogens is 260 g/mol. The van der Waals surface area contributed by atoms with Crippen molar-refractivity contribution in [1.29, 1.82) is 0 Å². The summed E-state index contributed by atoms with van der Waals surface area (Å²) in [5.74, 6) is -0.398. The van der Waals surface area contributed by atoms with Crippen molar-refractivity contribution < 1.29 is 19.1 Å². The van der Waals surface area contributed by atoms with Crippen LogP contribution in [0.25, 0.3) is 0 Å². The number of benzene rings is 1. The molecule has 2 N–H and O–H groups in total. The Kier molecular flexibility index (Phi) is 3.94. The molecule has 0 atom stereocenters. The zero-order valence-electron chi connectivity index (χ0n) is 11.8. The van der Waals surface area contributed by atoms with Crippen molar-refractivity contribution in [2.24, 2.45) is 0 Å². The second-order valence-electron chi connectivity index (χ2n) is 5.56. The lowest BCUT2D eigenvalue weighted by atomic mass is 10.1. The van der Waals surface area contributed by atoms with Crippen LogP contribution in [0.3, 0.4) is 0 Å². The molecule has 108 valence electrons. The molecule has 1 aromatic rings. The second-order valence-corrected chi connectivity index (χ2v) is 5.56. The fourth-order valence-electron chi connectivity index (χ4n) is 1.80. The van der Waals surface area contributed by atoms with Crippen LogP contribution in [0.15, 0.2) is 18.2 Å². The number of hydrazine groups is 1. The van der Waals surface area contributed by atoms with Gasteiger partial charge >= 0.3 is 6.09 Å². The number of nitrogens with one attached hydrogen (secondary N) is 2. The predicted octanol–water partition coefficient (Wildman–Crippen LogP) is 1.89. The molecule has 6 nitrogen and oxygen atoms in total. The number of carbonyl (C=O) groups is 2. The van der Waals surface area contributed by atoms with Gasteiger partial charge in [0.1, 0.15) is 5.60 Å². The number of fused-ring (bicyclic) bond motifs is 1. The zero-order valence-corrected chi connectivity index (χ0v) is 11.8.